The summed E-state index contributed by atoms with van der Waals surface area (Å²) in [6, 6.07) is 6.70. The first-order valence-electron chi connectivity index (χ1n) is 7.36. The van der Waals surface area contributed by atoms with Gasteiger partial charge in [-0.05, 0) is 18.2 Å². The van der Waals surface area contributed by atoms with E-state index in [2.05, 4.69) is 0 Å². The molecule has 0 heterocycles. The fourth-order valence-electron chi connectivity index (χ4n) is 2.29. The second kappa shape index (κ2) is 7.18. The van der Waals surface area contributed by atoms with Gasteiger partial charge in [0.15, 0.2) is 0 Å². The van der Waals surface area contributed by atoms with Crippen molar-refractivity contribution >= 4 is 5.91 Å². The van der Waals surface area contributed by atoms with Crippen molar-refractivity contribution in [3.8, 4) is 0 Å². The van der Waals surface area contributed by atoms with E-state index in [0.29, 0.717) is 18.2 Å². The highest BCUT2D eigenvalue weighted by Gasteiger charge is 2.60. The van der Waals surface area contributed by atoms with Crippen LogP contribution in [0.4, 0.5) is 30.7 Å². The summed E-state index contributed by atoms with van der Waals surface area (Å²) >= 11 is 0. The van der Waals surface area contributed by atoms with Crippen molar-refractivity contribution in [1.29, 1.82) is 0 Å². The zero-order valence-corrected chi connectivity index (χ0v) is 13.3. The largest absolute Gasteiger partial charge is 0.430 e. The molecule has 0 aliphatic rings. The number of hydrogen-bond donors (Lipinski definition) is 2. The Balaban J connectivity index is 2.30. The minimum Gasteiger partial charge on any atom is -0.369 e. The lowest BCUT2D eigenvalue weighted by Gasteiger charge is -2.29. The van der Waals surface area contributed by atoms with Crippen LogP contribution in [0.2, 0.25) is 0 Å². The number of alkyl halides is 6. The average Bonchev–Trinajstić information content (AvgIpc) is 2.58. The molecule has 2 rings (SSSR count). The van der Waals surface area contributed by atoms with Crippen LogP contribution in [0.25, 0.3) is 0 Å². The Bertz CT molecular complexity index is 818. The molecule has 0 radical (unpaired) electrons. The van der Waals surface area contributed by atoms with Crippen molar-refractivity contribution in [1.82, 2.24) is 5.32 Å². The second-order valence-electron chi connectivity index (χ2n) is 5.56. The van der Waals surface area contributed by atoms with E-state index in [4.69, 9.17) is 0 Å². The first kappa shape index (κ1) is 20.7. The Morgan fingerprint density at radius 2 is 1.52 bits per heavy atom. The van der Waals surface area contributed by atoms with Gasteiger partial charge < -0.3 is 10.4 Å². The molecule has 1 amide bonds. The van der Waals surface area contributed by atoms with Crippen LogP contribution in [-0.4, -0.2) is 17.2 Å². The van der Waals surface area contributed by atoms with Crippen LogP contribution in [0.15, 0.2) is 48.5 Å². The molecular weight excluding hydrogens is 383 g/mol. The van der Waals surface area contributed by atoms with Crippen molar-refractivity contribution in [2.75, 3.05) is 0 Å². The number of amides is 1. The Hall–Kier alpha value is -2.62. The van der Waals surface area contributed by atoms with Gasteiger partial charge in [-0.15, -0.1) is 0 Å². The normalized spacial score (nSPS) is 14.5. The monoisotopic (exact) mass is 395 g/mol. The first-order chi connectivity index (χ1) is 12.4. The quantitative estimate of drug-likeness (QED) is 0.772. The second-order valence-corrected chi connectivity index (χ2v) is 5.56. The predicted molar refractivity (Wildman–Crippen MR) is 79.6 cm³/mol. The highest BCUT2D eigenvalue weighted by Crippen LogP contribution is 2.39. The van der Waals surface area contributed by atoms with E-state index in [-0.39, 0.29) is 0 Å². The highest BCUT2D eigenvalue weighted by molar-refractivity contribution is 5.87. The molecule has 0 fully saturated rings. The van der Waals surface area contributed by atoms with Gasteiger partial charge in [0.05, 0.1) is 5.56 Å². The SMILES string of the molecule is O=C(NCc1cc(C(F)(F)F)ccc1F)[C@@](O)(c1ccccc1)C(F)(F)F. The van der Waals surface area contributed by atoms with Gasteiger partial charge in [0.2, 0.25) is 0 Å². The lowest BCUT2D eigenvalue weighted by molar-refractivity contribution is -0.257. The minimum absolute atomic E-state index is 0.366. The van der Waals surface area contributed by atoms with Crippen molar-refractivity contribution in [3.63, 3.8) is 0 Å². The topological polar surface area (TPSA) is 49.3 Å². The maximum atomic E-state index is 13.7. The van der Waals surface area contributed by atoms with Crippen LogP contribution in [0, 0.1) is 5.82 Å². The van der Waals surface area contributed by atoms with E-state index in [0.717, 1.165) is 24.3 Å². The maximum absolute atomic E-state index is 13.7. The third-order valence-corrected chi connectivity index (χ3v) is 3.74. The summed E-state index contributed by atoms with van der Waals surface area (Å²) in [7, 11) is 0. The first-order valence-corrected chi connectivity index (χ1v) is 7.36. The number of rotatable bonds is 4. The third kappa shape index (κ3) is 4.21. The Morgan fingerprint density at radius 3 is 2.04 bits per heavy atom. The maximum Gasteiger partial charge on any atom is 0.430 e. The zero-order valence-electron chi connectivity index (χ0n) is 13.3. The average molecular weight is 395 g/mol. The van der Waals surface area contributed by atoms with E-state index in [9.17, 15) is 40.6 Å². The van der Waals surface area contributed by atoms with E-state index in [1.807, 2.05) is 0 Å². The van der Waals surface area contributed by atoms with E-state index >= 15 is 0 Å². The molecule has 0 spiro atoms. The van der Waals surface area contributed by atoms with Crippen LogP contribution in [0.5, 0.6) is 0 Å². The van der Waals surface area contributed by atoms with Crippen LogP contribution in [-0.2, 0) is 23.1 Å². The number of aliphatic hydroxyl groups is 1. The fraction of sp³-hybridized carbons (Fsp3) is 0.235. The standard InChI is InChI=1S/C17H12F7NO2/c18-13-7-6-12(16(19,20)21)8-10(13)9-25-14(26)15(27,17(22,23)24)11-4-2-1-3-5-11/h1-8,27H,9H2,(H,25,26)/t15-/m0/s1. The summed E-state index contributed by atoms with van der Waals surface area (Å²) in [6.45, 7) is -0.986. The molecule has 3 nitrogen and oxygen atoms in total. The Kier molecular flexibility index (Phi) is 5.50. The van der Waals surface area contributed by atoms with Gasteiger partial charge in [0, 0.05) is 17.7 Å². The number of carbonyl (C=O) groups is 1. The highest BCUT2D eigenvalue weighted by atomic mass is 19.4. The van der Waals surface area contributed by atoms with Gasteiger partial charge in [-0.1, -0.05) is 30.3 Å². The Morgan fingerprint density at radius 1 is 0.926 bits per heavy atom. The smallest absolute Gasteiger partial charge is 0.369 e. The summed E-state index contributed by atoms with van der Waals surface area (Å²) in [5.74, 6) is -3.10. The van der Waals surface area contributed by atoms with Crippen molar-refractivity contribution in [2.45, 2.75) is 24.5 Å². The molecule has 27 heavy (non-hydrogen) atoms. The molecule has 0 bridgehead atoms. The van der Waals surface area contributed by atoms with Gasteiger partial charge >= 0.3 is 12.4 Å². The molecular formula is C17H12F7NO2. The molecule has 146 valence electrons. The molecule has 0 saturated heterocycles. The number of hydrogen-bond acceptors (Lipinski definition) is 2. The molecule has 2 aromatic carbocycles. The van der Waals surface area contributed by atoms with Gasteiger partial charge in [-0.3, -0.25) is 4.79 Å². The Labute approximate surface area is 148 Å². The number of nitrogens with one attached hydrogen (secondary N) is 1. The van der Waals surface area contributed by atoms with Gasteiger partial charge in [0.1, 0.15) is 5.82 Å². The molecule has 0 aliphatic heterocycles. The summed E-state index contributed by atoms with van der Waals surface area (Å²) < 4.78 is 91.7. The molecule has 0 saturated carbocycles. The summed E-state index contributed by atoms with van der Waals surface area (Å²) in [4.78, 5) is 12.1. The van der Waals surface area contributed by atoms with Crippen molar-refractivity contribution < 1.29 is 40.6 Å². The van der Waals surface area contributed by atoms with Gasteiger partial charge in [-0.25, -0.2) is 4.39 Å². The number of halogens is 7. The van der Waals surface area contributed by atoms with Crippen LogP contribution in [0.1, 0.15) is 16.7 Å². The van der Waals surface area contributed by atoms with Gasteiger partial charge in [0.25, 0.3) is 11.5 Å². The molecule has 2 aromatic rings. The number of benzene rings is 2. The van der Waals surface area contributed by atoms with Gasteiger partial charge in [-0.2, -0.15) is 26.3 Å². The fourth-order valence-corrected chi connectivity index (χ4v) is 2.29. The van der Waals surface area contributed by atoms with Crippen LogP contribution in [0.3, 0.4) is 0 Å². The van der Waals surface area contributed by atoms with Crippen LogP contribution >= 0.6 is 0 Å². The molecule has 10 heteroatoms. The van der Waals surface area contributed by atoms with E-state index < -0.39 is 52.9 Å². The lowest BCUT2D eigenvalue weighted by Crippen LogP contribution is -2.54. The lowest BCUT2D eigenvalue weighted by atomic mass is 9.92. The summed E-state index contributed by atoms with van der Waals surface area (Å²) in [5, 5.41) is 11.7. The van der Waals surface area contributed by atoms with Crippen LogP contribution < -0.4 is 5.32 Å². The summed E-state index contributed by atoms with van der Waals surface area (Å²) in [6.07, 6.45) is -10.2. The van der Waals surface area contributed by atoms with Crippen molar-refractivity contribution in [3.05, 3.63) is 71.0 Å². The third-order valence-electron chi connectivity index (χ3n) is 3.74. The molecule has 1 atom stereocenters. The van der Waals surface area contributed by atoms with E-state index in [1.54, 1.807) is 5.32 Å². The molecule has 0 aliphatic carbocycles. The molecule has 0 unspecified atom stereocenters. The summed E-state index contributed by atoms with van der Waals surface area (Å²) in [5.41, 5.74) is -6.66. The van der Waals surface area contributed by atoms with E-state index in [1.165, 1.54) is 6.07 Å². The van der Waals surface area contributed by atoms with Crippen molar-refractivity contribution in [2.24, 2.45) is 0 Å². The molecule has 0 aromatic heterocycles. The molecule has 2 N–H and O–H groups in total. The minimum atomic E-state index is -5.43. The predicted octanol–water partition coefficient (Wildman–Crippen LogP) is 3.91. The zero-order chi connectivity index (χ0) is 20.5. The number of carbonyl (C=O) groups excluding carboxylic acids is 1.